The Balaban J connectivity index is 1.17. The number of fused-ring (bicyclic) bond motifs is 1. The van der Waals surface area contributed by atoms with Crippen LogP contribution in [0.5, 0.6) is 5.88 Å². The first-order chi connectivity index (χ1) is 22.6. The molecule has 3 aromatic carbocycles. The van der Waals surface area contributed by atoms with Crippen LogP contribution in [0.2, 0.25) is 5.02 Å². The van der Waals surface area contributed by atoms with E-state index < -0.39 is 6.16 Å². The number of benzene rings is 3. The fraction of sp³-hybridized carbons (Fsp3) is 0.351. The van der Waals surface area contributed by atoms with Crippen LogP contribution in [0.4, 0.5) is 4.79 Å². The average Bonchev–Trinajstić information content (AvgIpc) is 3.04. The predicted molar refractivity (Wildman–Crippen MR) is 176 cm³/mol. The van der Waals surface area contributed by atoms with Crippen LogP contribution in [0, 0.1) is 17.8 Å². The quantitative estimate of drug-likeness (QED) is 0.223. The molecule has 8 rings (SSSR count). The molecule has 47 heavy (non-hydrogen) atoms. The summed E-state index contributed by atoms with van der Waals surface area (Å²) in [6, 6.07) is 21.4. The third-order valence-corrected chi connectivity index (χ3v) is 10.2. The minimum absolute atomic E-state index is 0.0260. The van der Waals surface area contributed by atoms with Crippen LogP contribution in [0.3, 0.4) is 0 Å². The van der Waals surface area contributed by atoms with Crippen molar-refractivity contribution in [3.8, 4) is 11.6 Å². The van der Waals surface area contributed by atoms with Crippen molar-refractivity contribution in [2.24, 2.45) is 17.8 Å². The van der Waals surface area contributed by atoms with Gasteiger partial charge in [0.25, 0.3) is 5.91 Å². The highest BCUT2D eigenvalue weighted by Crippen LogP contribution is 2.57. The Labute approximate surface area is 276 Å². The van der Waals surface area contributed by atoms with Gasteiger partial charge in [0.05, 0.1) is 18.2 Å². The molecule has 9 nitrogen and oxygen atoms in total. The normalized spacial score (nSPS) is 24.1. The summed E-state index contributed by atoms with van der Waals surface area (Å²) >= 11 is 6.35. The smallest absolute Gasteiger partial charge is 0.459 e. The number of pyridine rings is 1. The molecule has 0 spiro atoms. The van der Waals surface area contributed by atoms with Crippen LogP contribution >= 0.6 is 11.6 Å². The lowest BCUT2D eigenvalue weighted by atomic mass is 9.52. The van der Waals surface area contributed by atoms with Crippen molar-refractivity contribution < 1.29 is 28.6 Å². The Hall–Kier alpha value is -4.63. The molecule has 1 amide bonds. The zero-order valence-corrected chi connectivity index (χ0v) is 26.9. The van der Waals surface area contributed by atoms with Gasteiger partial charge in [0.2, 0.25) is 5.88 Å². The summed E-state index contributed by atoms with van der Waals surface area (Å²) in [5, 5.41) is 4.13. The number of para-hydroxylation sites is 1. The number of hydrogen-bond donors (Lipinski definition) is 1. The van der Waals surface area contributed by atoms with Crippen molar-refractivity contribution in [2.75, 3.05) is 7.11 Å². The van der Waals surface area contributed by atoms with E-state index in [2.05, 4.69) is 5.32 Å². The van der Waals surface area contributed by atoms with E-state index >= 15 is 0 Å². The van der Waals surface area contributed by atoms with Gasteiger partial charge < -0.3 is 19.5 Å². The fourth-order valence-corrected chi connectivity index (χ4v) is 8.60. The number of halogens is 1. The van der Waals surface area contributed by atoms with Gasteiger partial charge in [0.1, 0.15) is 5.60 Å². The molecule has 0 unspecified atom stereocenters. The lowest BCUT2D eigenvalue weighted by molar-refractivity contribution is -0.188. The second kappa shape index (κ2) is 12.2. The molecule has 1 N–H and O–H groups in total. The lowest BCUT2D eigenvalue weighted by Crippen LogP contribution is -2.62. The van der Waals surface area contributed by atoms with Crippen LogP contribution < -0.4 is 15.5 Å². The molecule has 4 aliphatic rings. The van der Waals surface area contributed by atoms with E-state index in [0.717, 1.165) is 37.7 Å². The van der Waals surface area contributed by atoms with Crippen LogP contribution in [-0.2, 0) is 20.7 Å². The number of carbonyl (C=O) groups is 3. The van der Waals surface area contributed by atoms with Crippen LogP contribution in [0.15, 0.2) is 77.6 Å². The monoisotopic (exact) mass is 654 g/mol. The number of hydrogen-bond acceptors (Lipinski definition) is 7. The van der Waals surface area contributed by atoms with Crippen LogP contribution in [0.1, 0.15) is 60.5 Å². The topological polar surface area (TPSA) is 113 Å². The summed E-state index contributed by atoms with van der Waals surface area (Å²) in [5.74, 6) is 0.741. The van der Waals surface area contributed by atoms with Crippen molar-refractivity contribution in [1.82, 2.24) is 9.88 Å². The first kappa shape index (κ1) is 31.0. The largest absolute Gasteiger partial charge is 0.514 e. The summed E-state index contributed by atoms with van der Waals surface area (Å²) < 4.78 is 18.0. The summed E-state index contributed by atoms with van der Waals surface area (Å²) in [6.45, 7) is 1.48. The molecular formula is C37H35ClN2O7. The fourth-order valence-electron chi connectivity index (χ4n) is 8.43. The van der Waals surface area contributed by atoms with E-state index in [1.54, 1.807) is 34.9 Å². The third kappa shape index (κ3) is 5.89. The lowest BCUT2D eigenvalue weighted by Gasteiger charge is -2.59. The Bertz CT molecular complexity index is 1920. The molecule has 1 aromatic heterocycles. The number of esters is 1. The van der Waals surface area contributed by atoms with E-state index in [9.17, 15) is 19.2 Å². The van der Waals surface area contributed by atoms with Crippen molar-refractivity contribution in [3.05, 3.63) is 105 Å². The minimum Gasteiger partial charge on any atom is -0.459 e. The van der Waals surface area contributed by atoms with E-state index in [4.69, 9.17) is 25.8 Å². The maximum Gasteiger partial charge on any atom is 0.514 e. The first-order valence-electron chi connectivity index (χ1n) is 15.9. The second-order valence-corrected chi connectivity index (χ2v) is 13.6. The number of rotatable bonds is 7. The molecule has 4 aromatic rings. The van der Waals surface area contributed by atoms with Crippen molar-refractivity contribution in [3.63, 3.8) is 0 Å². The highest BCUT2D eigenvalue weighted by molar-refractivity contribution is 6.31. The number of carbonyl (C=O) groups excluding carboxylic acids is 3. The molecule has 0 aliphatic heterocycles. The predicted octanol–water partition coefficient (Wildman–Crippen LogP) is 6.62. The zero-order chi connectivity index (χ0) is 32.9. The number of methoxy groups -OCH3 is 1. The van der Waals surface area contributed by atoms with Crippen LogP contribution in [-0.4, -0.2) is 41.4 Å². The SMILES string of the molecule is COC(=O)Oc1c(Cc2ccc(C(=O)N[C@@H]3[C@@H]4C[C@@H]5C[C@H]3C[C@](OC(C)=O)(C5)C4)cc2)c(=O)c2ccc(Cl)cc2n1-c1ccccc1. The second-order valence-electron chi connectivity index (χ2n) is 13.1. The van der Waals surface area contributed by atoms with E-state index in [1.165, 1.54) is 14.0 Å². The van der Waals surface area contributed by atoms with Crippen molar-refractivity contribution >= 4 is 40.5 Å². The van der Waals surface area contributed by atoms with E-state index in [-0.39, 0.29) is 58.6 Å². The Kier molecular flexibility index (Phi) is 8.04. The van der Waals surface area contributed by atoms with E-state index in [1.807, 2.05) is 42.5 Å². The highest BCUT2D eigenvalue weighted by atomic mass is 35.5. The molecule has 4 bridgehead atoms. The molecule has 5 atom stereocenters. The molecule has 4 fully saturated rings. The van der Waals surface area contributed by atoms with E-state index in [0.29, 0.717) is 33.1 Å². The van der Waals surface area contributed by atoms with Gasteiger partial charge in [-0.2, -0.15) is 0 Å². The summed E-state index contributed by atoms with van der Waals surface area (Å²) in [5.41, 5.74) is 1.97. The minimum atomic E-state index is -0.965. The number of nitrogens with one attached hydrogen (secondary N) is 1. The maximum absolute atomic E-state index is 13.9. The van der Waals surface area contributed by atoms with Gasteiger partial charge in [-0.25, -0.2) is 4.79 Å². The number of nitrogens with zero attached hydrogens (tertiary/aromatic N) is 1. The Morgan fingerprint density at radius 2 is 1.66 bits per heavy atom. The number of amides is 1. The molecule has 4 saturated carbocycles. The summed E-state index contributed by atoms with van der Waals surface area (Å²) in [7, 11) is 1.20. The van der Waals surface area contributed by atoms with Crippen LogP contribution in [0.25, 0.3) is 16.6 Å². The van der Waals surface area contributed by atoms with Gasteiger partial charge in [-0.15, -0.1) is 0 Å². The van der Waals surface area contributed by atoms with Gasteiger partial charge in [-0.05, 0) is 97.9 Å². The number of aromatic nitrogens is 1. The number of ether oxygens (including phenoxy) is 3. The molecule has 4 aliphatic carbocycles. The average molecular weight is 655 g/mol. The molecule has 0 radical (unpaired) electrons. The Morgan fingerprint density at radius 3 is 2.32 bits per heavy atom. The summed E-state index contributed by atoms with van der Waals surface area (Å²) in [6.07, 6.45) is 3.75. The van der Waals surface area contributed by atoms with Crippen molar-refractivity contribution in [2.45, 2.75) is 57.1 Å². The third-order valence-electron chi connectivity index (χ3n) is 10.0. The van der Waals surface area contributed by atoms with Gasteiger partial charge in [0.15, 0.2) is 5.43 Å². The molecule has 10 heteroatoms. The molecule has 242 valence electrons. The zero-order valence-electron chi connectivity index (χ0n) is 26.2. The first-order valence-corrected chi connectivity index (χ1v) is 16.3. The molecule has 1 heterocycles. The molecule has 0 saturated heterocycles. The molecular weight excluding hydrogens is 620 g/mol. The van der Waals surface area contributed by atoms with Crippen molar-refractivity contribution in [1.29, 1.82) is 0 Å². The highest BCUT2D eigenvalue weighted by Gasteiger charge is 2.57. The van der Waals surface area contributed by atoms with Gasteiger partial charge in [-0.1, -0.05) is 41.9 Å². The maximum atomic E-state index is 13.9. The Morgan fingerprint density at radius 1 is 0.957 bits per heavy atom. The van der Waals surface area contributed by atoms with Gasteiger partial charge in [-0.3, -0.25) is 19.0 Å². The standard InChI is InChI=1S/C37H35ClN2O7/c1-21(41)47-37-18-23-14-25(19-37)32(26(15-23)20-37)39-34(43)24-10-8-22(9-11-24)16-30-33(42)29-13-12-27(38)17-31(29)40(28-6-4-3-5-7-28)35(30)46-36(44)45-2/h3-13,17,23,25-26,32H,14-16,18-20H2,1-2H3,(H,39,43)/t23-,25-,26+,32-,37+. The summed E-state index contributed by atoms with van der Waals surface area (Å²) in [4.78, 5) is 51.7. The van der Waals surface area contributed by atoms with Gasteiger partial charge >= 0.3 is 12.1 Å². The van der Waals surface area contributed by atoms with Gasteiger partial charge in [0, 0.05) is 41.0 Å².